The fourth-order valence-electron chi connectivity index (χ4n) is 3.91. The third-order valence-corrected chi connectivity index (χ3v) is 6.24. The van der Waals surface area contributed by atoms with Crippen molar-refractivity contribution in [1.82, 2.24) is 4.90 Å². The molecule has 0 bridgehead atoms. The van der Waals surface area contributed by atoms with Crippen molar-refractivity contribution in [1.29, 1.82) is 0 Å². The number of cyclic esters (lactones) is 1. The number of amides is 2. The number of allylic oxidation sites excluding steroid dienone is 17. The van der Waals surface area contributed by atoms with Crippen LogP contribution in [0.4, 0.5) is 4.79 Å². The number of hydrogen-bond donors (Lipinski definition) is 0. The third kappa shape index (κ3) is 14.9. The van der Waals surface area contributed by atoms with E-state index in [1.165, 1.54) is 4.90 Å². The second-order valence-electron chi connectivity index (χ2n) is 9.35. The van der Waals surface area contributed by atoms with Crippen LogP contribution in [0.5, 0.6) is 0 Å². The summed E-state index contributed by atoms with van der Waals surface area (Å²) in [5.74, 6) is -0.392. The van der Waals surface area contributed by atoms with Crippen LogP contribution in [0, 0.1) is 5.92 Å². The van der Waals surface area contributed by atoms with Crippen LogP contribution in [-0.2, 0) is 9.53 Å². The van der Waals surface area contributed by atoms with Gasteiger partial charge in [-0.2, -0.15) is 0 Å². The lowest BCUT2D eigenvalue weighted by Crippen LogP contribution is -2.42. The molecule has 2 amide bonds. The van der Waals surface area contributed by atoms with Gasteiger partial charge in [0.2, 0.25) is 5.91 Å². The summed E-state index contributed by atoms with van der Waals surface area (Å²) in [7, 11) is 0. The van der Waals surface area contributed by atoms with Crippen LogP contribution in [0.15, 0.2) is 109 Å². The predicted octanol–water partition coefficient (Wildman–Crippen LogP) is 9.52. The number of carbonyl (C=O) groups is 2. The van der Waals surface area contributed by atoms with Crippen molar-refractivity contribution in [2.24, 2.45) is 5.92 Å². The van der Waals surface area contributed by atoms with Crippen LogP contribution in [-0.4, -0.2) is 29.0 Å². The average molecular weight is 532 g/mol. The molecule has 39 heavy (non-hydrogen) atoms. The van der Waals surface area contributed by atoms with E-state index in [0.29, 0.717) is 12.8 Å². The fraction of sp³-hybridized carbons (Fsp3) is 0.429. The zero-order valence-electron chi connectivity index (χ0n) is 24.5. The second kappa shape index (κ2) is 22.6. The van der Waals surface area contributed by atoms with Gasteiger partial charge in [-0.25, -0.2) is 9.69 Å². The van der Waals surface area contributed by atoms with Gasteiger partial charge in [-0.15, -0.1) is 0 Å². The maximum atomic E-state index is 13.1. The van der Waals surface area contributed by atoms with Gasteiger partial charge in [-0.3, -0.25) is 4.79 Å². The summed E-state index contributed by atoms with van der Waals surface area (Å²) in [4.78, 5) is 26.8. The predicted molar refractivity (Wildman–Crippen MR) is 166 cm³/mol. The Balaban J connectivity index is 2.33. The summed E-state index contributed by atoms with van der Waals surface area (Å²) in [5.41, 5.74) is 0. The summed E-state index contributed by atoms with van der Waals surface area (Å²) in [6.45, 7) is 7.94. The van der Waals surface area contributed by atoms with Gasteiger partial charge in [-0.1, -0.05) is 117 Å². The second-order valence-corrected chi connectivity index (χ2v) is 9.35. The number of ether oxygens (including phenoxy) is 1. The lowest BCUT2D eigenvalue weighted by atomic mass is 9.99. The summed E-state index contributed by atoms with van der Waals surface area (Å²) in [6, 6.07) is -0.323. The van der Waals surface area contributed by atoms with Crippen molar-refractivity contribution in [2.45, 2.75) is 91.2 Å². The van der Waals surface area contributed by atoms with Gasteiger partial charge in [0, 0.05) is 5.92 Å². The van der Waals surface area contributed by atoms with Gasteiger partial charge in [0.05, 0.1) is 6.04 Å². The smallest absolute Gasteiger partial charge is 0.417 e. The quantitative estimate of drug-likeness (QED) is 0.131. The number of nitrogens with zero attached hydrogens (tertiary/aromatic N) is 1. The Morgan fingerprint density at radius 2 is 1.26 bits per heavy atom. The average Bonchev–Trinajstić information content (AvgIpc) is 3.22. The molecule has 0 aromatic heterocycles. The van der Waals surface area contributed by atoms with E-state index < -0.39 is 12.2 Å². The molecule has 0 aromatic carbocycles. The van der Waals surface area contributed by atoms with Gasteiger partial charge in [0.25, 0.3) is 0 Å². The summed E-state index contributed by atoms with van der Waals surface area (Å²) in [5, 5.41) is 0. The lowest BCUT2D eigenvalue weighted by Gasteiger charge is -2.22. The van der Waals surface area contributed by atoms with Crippen LogP contribution in [0.2, 0.25) is 0 Å². The first kappa shape index (κ1) is 33.6. The molecule has 3 atom stereocenters. The molecule has 0 aromatic rings. The molecular formula is C35H49NO3. The molecule has 1 rings (SSSR count). The van der Waals surface area contributed by atoms with Crippen molar-refractivity contribution < 1.29 is 14.3 Å². The first-order valence-corrected chi connectivity index (χ1v) is 14.5. The molecule has 1 fully saturated rings. The van der Waals surface area contributed by atoms with Gasteiger partial charge in [0.1, 0.15) is 6.10 Å². The van der Waals surface area contributed by atoms with E-state index in [4.69, 9.17) is 4.74 Å². The molecule has 0 saturated carbocycles. The summed E-state index contributed by atoms with van der Waals surface area (Å²) >= 11 is 0. The molecule has 4 nitrogen and oxygen atoms in total. The zero-order valence-corrected chi connectivity index (χ0v) is 24.5. The van der Waals surface area contributed by atoms with Crippen molar-refractivity contribution in [3.05, 3.63) is 109 Å². The SMILES string of the molecule is C\C=C/C=C\C=C\[C@@H]1OC(=O)N(C(=O)[C@@H](CC)C/C=C\C/C=C\C/C=C\C/C=C\C/C=C\C/C=C\CC)[C@@H]1C. The molecule has 1 heterocycles. The maximum Gasteiger partial charge on any atom is 0.417 e. The van der Waals surface area contributed by atoms with Crippen LogP contribution in [0.25, 0.3) is 0 Å². The number of rotatable bonds is 18. The molecule has 1 aliphatic rings. The molecular weight excluding hydrogens is 482 g/mol. The highest BCUT2D eigenvalue weighted by molar-refractivity contribution is 5.95. The fourth-order valence-corrected chi connectivity index (χ4v) is 3.91. The van der Waals surface area contributed by atoms with Gasteiger partial charge in [-0.05, 0) is 71.3 Å². The van der Waals surface area contributed by atoms with E-state index in [1.807, 2.05) is 63.3 Å². The van der Waals surface area contributed by atoms with Gasteiger partial charge >= 0.3 is 6.09 Å². The highest BCUT2D eigenvalue weighted by Crippen LogP contribution is 2.25. The standard InChI is InChI=1S/C35H49NO3/c1-5-8-10-12-13-14-15-16-17-18-19-20-21-22-23-24-26-27-29-32(7-3)34(37)36-31(4)33(39-35(36)38)30-28-25-11-9-6-2/h6,8-11,13-14,16-17,19-20,22-23,25-28,30-33H,5,7,12,15,18,21,24,29H2,1-4H3/b9-6-,10-8-,14-13-,17-16-,20-19-,23-22-,25-11-,27-26-,30-28+/t31-,32+,33+/m1/s1. The topological polar surface area (TPSA) is 46.6 Å². The third-order valence-electron chi connectivity index (χ3n) is 6.24. The van der Waals surface area contributed by atoms with E-state index in [2.05, 4.69) is 73.8 Å². The molecule has 0 radical (unpaired) electrons. The van der Waals surface area contributed by atoms with Crippen LogP contribution in [0.3, 0.4) is 0 Å². The minimum atomic E-state index is -0.555. The van der Waals surface area contributed by atoms with E-state index in [9.17, 15) is 9.59 Å². The zero-order chi connectivity index (χ0) is 28.6. The molecule has 212 valence electrons. The van der Waals surface area contributed by atoms with E-state index in [-0.39, 0.29) is 17.9 Å². The Bertz CT molecular complexity index is 958. The summed E-state index contributed by atoms with van der Waals surface area (Å²) < 4.78 is 5.44. The number of imide groups is 1. The van der Waals surface area contributed by atoms with Crippen molar-refractivity contribution in [2.75, 3.05) is 0 Å². The molecule has 1 aliphatic heterocycles. The Hall–Kier alpha value is -3.40. The van der Waals surface area contributed by atoms with Crippen molar-refractivity contribution >= 4 is 12.0 Å². The van der Waals surface area contributed by atoms with Crippen molar-refractivity contribution in [3.63, 3.8) is 0 Å². The van der Waals surface area contributed by atoms with Crippen LogP contribution >= 0.6 is 0 Å². The first-order valence-electron chi connectivity index (χ1n) is 14.5. The molecule has 4 heteroatoms. The largest absolute Gasteiger partial charge is 0.439 e. The van der Waals surface area contributed by atoms with Crippen molar-refractivity contribution in [3.8, 4) is 0 Å². The first-order chi connectivity index (χ1) is 19.1. The van der Waals surface area contributed by atoms with Gasteiger partial charge < -0.3 is 4.74 Å². The summed E-state index contributed by atoms with van der Waals surface area (Å²) in [6.07, 6.45) is 43.4. The molecule has 0 unspecified atom stereocenters. The van der Waals surface area contributed by atoms with E-state index in [1.54, 1.807) is 0 Å². The Morgan fingerprint density at radius 1 is 0.769 bits per heavy atom. The van der Waals surface area contributed by atoms with Crippen LogP contribution in [0.1, 0.15) is 79.1 Å². The minimum absolute atomic E-state index is 0.158. The molecule has 0 aliphatic carbocycles. The van der Waals surface area contributed by atoms with Crippen LogP contribution < -0.4 is 0 Å². The molecule has 0 spiro atoms. The minimum Gasteiger partial charge on any atom is -0.439 e. The maximum absolute atomic E-state index is 13.1. The molecule has 1 saturated heterocycles. The monoisotopic (exact) mass is 531 g/mol. The molecule has 0 N–H and O–H groups in total. The number of hydrogen-bond acceptors (Lipinski definition) is 3. The van der Waals surface area contributed by atoms with E-state index in [0.717, 1.165) is 38.5 Å². The highest BCUT2D eigenvalue weighted by Gasteiger charge is 2.42. The van der Waals surface area contributed by atoms with Gasteiger partial charge in [0.15, 0.2) is 0 Å². The lowest BCUT2D eigenvalue weighted by molar-refractivity contribution is -0.133. The Labute approximate surface area is 237 Å². The number of carbonyl (C=O) groups excluding carboxylic acids is 2. The van der Waals surface area contributed by atoms with E-state index >= 15 is 0 Å². The highest BCUT2D eigenvalue weighted by atomic mass is 16.6. The normalized spacial score (nSPS) is 19.9. The Kier molecular flexibility index (Phi) is 19.5. The Morgan fingerprint density at radius 3 is 1.74 bits per heavy atom.